The number of hydrogen-bond donors (Lipinski definition) is 0. The molecule has 0 radical (unpaired) electrons. The van der Waals surface area contributed by atoms with Crippen molar-refractivity contribution in [2.75, 3.05) is 7.11 Å². The van der Waals surface area contributed by atoms with Gasteiger partial charge in [-0.2, -0.15) is 0 Å². The largest absolute Gasteiger partial charge is 0.469 e. The molecule has 0 N–H and O–H groups in total. The quantitative estimate of drug-likeness (QED) is 0.281. The molecule has 0 aromatic rings. The molecule has 2 heteroatoms. The zero-order valence-corrected chi connectivity index (χ0v) is 8.30. The number of carbonyl (C=O) groups is 1. The highest BCUT2D eigenvalue weighted by molar-refractivity contribution is 5.68. The zero-order chi connectivity index (χ0) is 9.94. The zero-order valence-electron chi connectivity index (χ0n) is 8.30. The third-order valence-electron chi connectivity index (χ3n) is 1.54. The fraction of sp³-hybridized carbons (Fsp3) is 0.545. The van der Waals surface area contributed by atoms with E-state index in [1.165, 1.54) is 7.11 Å². The van der Waals surface area contributed by atoms with Gasteiger partial charge < -0.3 is 4.74 Å². The molecule has 0 rings (SSSR count). The van der Waals surface area contributed by atoms with E-state index in [-0.39, 0.29) is 5.97 Å². The van der Waals surface area contributed by atoms with E-state index in [0.717, 1.165) is 19.3 Å². The Morgan fingerprint density at radius 3 is 2.85 bits per heavy atom. The molecule has 0 unspecified atom stereocenters. The first-order valence-corrected chi connectivity index (χ1v) is 4.42. The lowest BCUT2D eigenvalue weighted by Gasteiger charge is -1.95. The second-order valence-corrected chi connectivity index (χ2v) is 2.57. The van der Waals surface area contributed by atoms with Gasteiger partial charge in [-0.3, -0.25) is 4.79 Å². The molecular formula is C11H16O2. The summed E-state index contributed by atoms with van der Waals surface area (Å²) in [5.74, 6) is 5.60. The lowest BCUT2D eigenvalue weighted by molar-refractivity contribution is -0.140. The van der Waals surface area contributed by atoms with Gasteiger partial charge in [0.15, 0.2) is 0 Å². The average Bonchev–Trinajstić information content (AvgIpc) is 2.16. The number of hydrogen-bond acceptors (Lipinski definition) is 2. The lowest BCUT2D eigenvalue weighted by Crippen LogP contribution is -1.98. The molecule has 0 aliphatic heterocycles. The molecule has 0 heterocycles. The third kappa shape index (κ3) is 8.68. The fourth-order valence-electron chi connectivity index (χ4n) is 0.828. The molecule has 0 aromatic heterocycles. The molecule has 0 atom stereocenters. The Morgan fingerprint density at radius 2 is 2.23 bits per heavy atom. The highest BCUT2D eigenvalue weighted by atomic mass is 16.5. The molecule has 0 aliphatic carbocycles. The monoisotopic (exact) mass is 180 g/mol. The maximum atomic E-state index is 10.7. The molecule has 0 aliphatic rings. The summed E-state index contributed by atoms with van der Waals surface area (Å²) in [4.78, 5) is 10.7. The van der Waals surface area contributed by atoms with Gasteiger partial charge in [-0.1, -0.05) is 18.1 Å². The molecule has 0 spiro atoms. The molecule has 13 heavy (non-hydrogen) atoms. The average molecular weight is 180 g/mol. The Morgan fingerprint density at radius 1 is 1.46 bits per heavy atom. The van der Waals surface area contributed by atoms with Crippen LogP contribution in [0.2, 0.25) is 0 Å². The van der Waals surface area contributed by atoms with Crippen molar-refractivity contribution in [3.05, 3.63) is 12.2 Å². The predicted molar refractivity (Wildman–Crippen MR) is 53.1 cm³/mol. The van der Waals surface area contributed by atoms with Crippen LogP contribution in [0, 0.1) is 11.8 Å². The van der Waals surface area contributed by atoms with Gasteiger partial charge in [0, 0.05) is 12.8 Å². The number of unbranched alkanes of at least 4 members (excludes halogenated alkanes) is 1. The first kappa shape index (κ1) is 11.8. The molecule has 0 saturated carbocycles. The summed E-state index contributed by atoms with van der Waals surface area (Å²) in [7, 11) is 1.41. The molecule has 0 fully saturated rings. The maximum Gasteiger partial charge on any atom is 0.305 e. The second-order valence-electron chi connectivity index (χ2n) is 2.57. The van der Waals surface area contributed by atoms with Crippen molar-refractivity contribution in [2.24, 2.45) is 0 Å². The summed E-state index contributed by atoms with van der Waals surface area (Å²) >= 11 is 0. The number of allylic oxidation sites excluding steroid dienone is 2. The van der Waals surface area contributed by atoms with E-state index in [0.29, 0.717) is 6.42 Å². The minimum atomic E-state index is -0.137. The SMILES string of the molecule is CC#CC/C=C\CCCC(=O)OC. The molecule has 0 bridgehead atoms. The van der Waals surface area contributed by atoms with Crippen molar-refractivity contribution in [3.8, 4) is 11.8 Å². The standard InChI is InChI=1S/C11H16O2/c1-3-4-5-6-7-8-9-10-11(12)13-2/h6-7H,5,8-10H2,1-2H3/b7-6-. The van der Waals surface area contributed by atoms with Crippen molar-refractivity contribution in [2.45, 2.75) is 32.6 Å². The summed E-state index contributed by atoms with van der Waals surface area (Å²) in [5.41, 5.74) is 0. The first-order valence-electron chi connectivity index (χ1n) is 4.42. The summed E-state index contributed by atoms with van der Waals surface area (Å²) < 4.78 is 4.51. The predicted octanol–water partition coefficient (Wildman–Crippen LogP) is 2.30. The molecule has 0 amide bonds. The Labute approximate surface area is 80.0 Å². The number of carbonyl (C=O) groups excluding carboxylic acids is 1. The number of methoxy groups -OCH3 is 1. The summed E-state index contributed by atoms with van der Waals surface area (Å²) in [6, 6.07) is 0. The van der Waals surface area contributed by atoms with Gasteiger partial charge in [-0.05, 0) is 19.8 Å². The van der Waals surface area contributed by atoms with Crippen LogP contribution in [0.1, 0.15) is 32.6 Å². The Balaban J connectivity index is 3.28. The van der Waals surface area contributed by atoms with E-state index in [4.69, 9.17) is 0 Å². The highest BCUT2D eigenvalue weighted by Gasteiger charge is 1.96. The second kappa shape index (κ2) is 8.86. The summed E-state index contributed by atoms with van der Waals surface area (Å²) in [6.45, 7) is 1.82. The molecular weight excluding hydrogens is 164 g/mol. The van der Waals surface area contributed by atoms with Crippen LogP contribution in [-0.4, -0.2) is 13.1 Å². The smallest absolute Gasteiger partial charge is 0.305 e. The van der Waals surface area contributed by atoms with Crippen molar-refractivity contribution in [3.63, 3.8) is 0 Å². The third-order valence-corrected chi connectivity index (χ3v) is 1.54. The Kier molecular flexibility index (Phi) is 8.02. The van der Waals surface area contributed by atoms with Crippen LogP contribution in [0.15, 0.2) is 12.2 Å². The van der Waals surface area contributed by atoms with Crippen LogP contribution in [0.3, 0.4) is 0 Å². The molecule has 0 saturated heterocycles. The molecule has 0 aromatic carbocycles. The first-order chi connectivity index (χ1) is 6.31. The number of ether oxygens (including phenoxy) is 1. The minimum Gasteiger partial charge on any atom is -0.469 e. The van der Waals surface area contributed by atoms with Gasteiger partial charge >= 0.3 is 5.97 Å². The van der Waals surface area contributed by atoms with Gasteiger partial charge in [0.2, 0.25) is 0 Å². The molecule has 2 nitrogen and oxygen atoms in total. The van der Waals surface area contributed by atoms with E-state index in [1.54, 1.807) is 0 Å². The van der Waals surface area contributed by atoms with Gasteiger partial charge in [0.05, 0.1) is 7.11 Å². The van der Waals surface area contributed by atoms with Crippen molar-refractivity contribution in [1.82, 2.24) is 0 Å². The van der Waals surface area contributed by atoms with Crippen LogP contribution >= 0.6 is 0 Å². The van der Waals surface area contributed by atoms with Gasteiger partial charge in [-0.25, -0.2) is 0 Å². The number of rotatable bonds is 5. The van der Waals surface area contributed by atoms with Crippen molar-refractivity contribution >= 4 is 5.97 Å². The topological polar surface area (TPSA) is 26.3 Å². The van der Waals surface area contributed by atoms with Crippen LogP contribution < -0.4 is 0 Å². The Hall–Kier alpha value is -1.23. The van der Waals surface area contributed by atoms with Gasteiger partial charge in [0.25, 0.3) is 0 Å². The highest BCUT2D eigenvalue weighted by Crippen LogP contribution is 1.98. The van der Waals surface area contributed by atoms with E-state index >= 15 is 0 Å². The van der Waals surface area contributed by atoms with E-state index in [2.05, 4.69) is 16.6 Å². The van der Waals surface area contributed by atoms with Crippen LogP contribution in [0.5, 0.6) is 0 Å². The minimum absolute atomic E-state index is 0.137. The van der Waals surface area contributed by atoms with E-state index < -0.39 is 0 Å². The van der Waals surface area contributed by atoms with E-state index in [1.807, 2.05) is 19.1 Å². The normalized spacial score (nSPS) is 9.38. The maximum absolute atomic E-state index is 10.7. The van der Waals surface area contributed by atoms with Crippen LogP contribution in [-0.2, 0) is 9.53 Å². The van der Waals surface area contributed by atoms with Gasteiger partial charge in [-0.15, -0.1) is 5.92 Å². The van der Waals surface area contributed by atoms with Gasteiger partial charge in [0.1, 0.15) is 0 Å². The van der Waals surface area contributed by atoms with E-state index in [9.17, 15) is 4.79 Å². The Bertz CT molecular complexity index is 218. The van der Waals surface area contributed by atoms with Crippen LogP contribution in [0.25, 0.3) is 0 Å². The summed E-state index contributed by atoms with van der Waals surface area (Å²) in [6.07, 6.45) is 7.14. The lowest BCUT2D eigenvalue weighted by atomic mass is 10.2. The summed E-state index contributed by atoms with van der Waals surface area (Å²) in [5, 5.41) is 0. The fourth-order valence-corrected chi connectivity index (χ4v) is 0.828. The van der Waals surface area contributed by atoms with Crippen molar-refractivity contribution in [1.29, 1.82) is 0 Å². The van der Waals surface area contributed by atoms with Crippen LogP contribution in [0.4, 0.5) is 0 Å². The van der Waals surface area contributed by atoms with Crippen molar-refractivity contribution < 1.29 is 9.53 Å². The molecule has 72 valence electrons. The number of esters is 1.